The molecule has 0 saturated carbocycles. The summed E-state index contributed by atoms with van der Waals surface area (Å²) in [5, 5.41) is 11.5. The first kappa shape index (κ1) is 20.4. The van der Waals surface area contributed by atoms with E-state index in [1.807, 2.05) is 31.2 Å². The number of nitrogens with zero attached hydrogens (tertiary/aromatic N) is 1. The molecule has 2 aromatic rings. The fraction of sp³-hybridized carbons (Fsp3) is 0.318. The molecule has 3 rings (SSSR count). The van der Waals surface area contributed by atoms with Crippen molar-refractivity contribution in [3.05, 3.63) is 54.1 Å². The lowest BCUT2D eigenvalue weighted by Gasteiger charge is -2.17. The number of hydrogen-bond donors (Lipinski definition) is 2. The highest BCUT2D eigenvalue weighted by Gasteiger charge is 2.35. The minimum absolute atomic E-state index is 0.0564. The van der Waals surface area contributed by atoms with Gasteiger partial charge in [-0.2, -0.15) is 0 Å². The molecule has 1 saturated heterocycles. The van der Waals surface area contributed by atoms with Crippen LogP contribution in [0.25, 0.3) is 0 Å². The Morgan fingerprint density at radius 2 is 1.83 bits per heavy atom. The second-order valence-electron chi connectivity index (χ2n) is 7.10. The smallest absolute Gasteiger partial charge is 0.303 e. The van der Waals surface area contributed by atoms with Gasteiger partial charge in [0.2, 0.25) is 11.8 Å². The molecule has 7 heteroatoms. The lowest BCUT2D eigenvalue weighted by molar-refractivity contribution is -0.137. The molecule has 0 spiro atoms. The molecule has 0 aliphatic carbocycles. The molecule has 2 aromatic carbocycles. The van der Waals surface area contributed by atoms with Gasteiger partial charge in [-0.05, 0) is 49.7 Å². The Hall–Kier alpha value is -3.35. The Morgan fingerprint density at radius 1 is 1.14 bits per heavy atom. The number of aryl methyl sites for hydroxylation is 1. The normalized spacial score (nSPS) is 16.0. The molecule has 2 N–H and O–H groups in total. The maximum atomic E-state index is 12.6. The number of carboxylic acid groups (broad SMARTS) is 1. The number of carboxylic acids is 1. The maximum Gasteiger partial charge on any atom is 0.303 e. The van der Waals surface area contributed by atoms with Crippen molar-refractivity contribution in [2.24, 2.45) is 5.92 Å². The van der Waals surface area contributed by atoms with Crippen molar-refractivity contribution < 1.29 is 24.2 Å². The highest BCUT2D eigenvalue weighted by atomic mass is 16.5. The Labute approximate surface area is 169 Å². The average Bonchev–Trinajstić information content (AvgIpc) is 3.09. The Morgan fingerprint density at radius 3 is 2.48 bits per heavy atom. The van der Waals surface area contributed by atoms with Gasteiger partial charge in [0.15, 0.2) is 0 Å². The summed E-state index contributed by atoms with van der Waals surface area (Å²) in [4.78, 5) is 37.0. The molecule has 7 nitrogen and oxygen atoms in total. The molecule has 1 atom stereocenters. The minimum Gasteiger partial charge on any atom is -0.494 e. The van der Waals surface area contributed by atoms with Crippen LogP contribution >= 0.6 is 0 Å². The first-order valence-corrected chi connectivity index (χ1v) is 9.55. The molecule has 152 valence electrons. The van der Waals surface area contributed by atoms with Gasteiger partial charge in [-0.3, -0.25) is 14.4 Å². The van der Waals surface area contributed by atoms with Crippen LogP contribution in [-0.4, -0.2) is 36.0 Å². The average molecular weight is 396 g/mol. The van der Waals surface area contributed by atoms with Crippen molar-refractivity contribution in [2.75, 3.05) is 23.4 Å². The third-order valence-corrected chi connectivity index (χ3v) is 4.77. The summed E-state index contributed by atoms with van der Waals surface area (Å²) in [6, 6.07) is 14.6. The first-order valence-electron chi connectivity index (χ1n) is 9.55. The second-order valence-corrected chi connectivity index (χ2v) is 7.10. The first-order chi connectivity index (χ1) is 13.9. The number of benzene rings is 2. The Bertz CT molecular complexity index is 877. The summed E-state index contributed by atoms with van der Waals surface area (Å²) >= 11 is 0. The maximum absolute atomic E-state index is 12.6. The van der Waals surface area contributed by atoms with E-state index in [1.54, 1.807) is 29.2 Å². The SMILES string of the molecule is Cc1ccc(N2CC(C(=O)Nc3ccc(OCCCC(=O)O)cc3)CC2=O)cc1. The fourth-order valence-electron chi connectivity index (χ4n) is 3.15. The fourth-order valence-corrected chi connectivity index (χ4v) is 3.15. The van der Waals surface area contributed by atoms with Crippen molar-refractivity contribution in [1.82, 2.24) is 0 Å². The van der Waals surface area contributed by atoms with Gasteiger partial charge < -0.3 is 20.1 Å². The van der Waals surface area contributed by atoms with Crippen LogP contribution in [0.2, 0.25) is 0 Å². The van der Waals surface area contributed by atoms with Gasteiger partial charge in [0, 0.05) is 30.8 Å². The lowest BCUT2D eigenvalue weighted by atomic mass is 10.1. The molecule has 29 heavy (non-hydrogen) atoms. The van der Waals surface area contributed by atoms with Gasteiger partial charge in [-0.15, -0.1) is 0 Å². The summed E-state index contributed by atoms with van der Waals surface area (Å²) in [6.45, 7) is 2.66. The van der Waals surface area contributed by atoms with E-state index in [0.29, 0.717) is 31.0 Å². The number of ether oxygens (including phenoxy) is 1. The van der Waals surface area contributed by atoms with Crippen LogP contribution in [-0.2, 0) is 14.4 Å². The van der Waals surface area contributed by atoms with E-state index in [0.717, 1.165) is 11.3 Å². The second kappa shape index (κ2) is 9.23. The van der Waals surface area contributed by atoms with Crippen molar-refractivity contribution >= 4 is 29.2 Å². The number of aliphatic carboxylic acids is 1. The summed E-state index contributed by atoms with van der Waals surface area (Å²) in [7, 11) is 0. The van der Waals surface area contributed by atoms with Crippen molar-refractivity contribution in [3.8, 4) is 5.75 Å². The van der Waals surface area contributed by atoms with Gasteiger partial charge in [-0.1, -0.05) is 17.7 Å². The number of carbonyl (C=O) groups excluding carboxylic acids is 2. The zero-order valence-electron chi connectivity index (χ0n) is 16.3. The van der Waals surface area contributed by atoms with E-state index in [1.165, 1.54) is 0 Å². The number of amides is 2. The Kier molecular flexibility index (Phi) is 6.49. The molecule has 1 heterocycles. The number of anilines is 2. The van der Waals surface area contributed by atoms with Gasteiger partial charge >= 0.3 is 5.97 Å². The quantitative estimate of drug-likeness (QED) is 0.668. The van der Waals surface area contributed by atoms with Crippen LogP contribution in [0.15, 0.2) is 48.5 Å². The number of rotatable bonds is 8. The zero-order valence-corrected chi connectivity index (χ0v) is 16.3. The standard InChI is InChI=1S/C22H24N2O5/c1-15-4-8-18(9-5-15)24-14-16(13-20(24)25)22(28)23-17-6-10-19(11-7-17)29-12-2-3-21(26)27/h4-11,16H,2-3,12-14H2,1H3,(H,23,28)(H,26,27). The third kappa shape index (κ3) is 5.57. The Balaban J connectivity index is 1.51. The van der Waals surface area contributed by atoms with Crippen LogP contribution in [0.3, 0.4) is 0 Å². The number of hydrogen-bond acceptors (Lipinski definition) is 4. The largest absolute Gasteiger partial charge is 0.494 e. The van der Waals surface area contributed by atoms with E-state index in [9.17, 15) is 14.4 Å². The highest BCUT2D eigenvalue weighted by Crippen LogP contribution is 2.26. The summed E-state index contributed by atoms with van der Waals surface area (Å²) < 4.78 is 5.47. The summed E-state index contributed by atoms with van der Waals surface area (Å²) in [5.41, 5.74) is 2.54. The van der Waals surface area contributed by atoms with Gasteiger partial charge in [0.25, 0.3) is 0 Å². The zero-order chi connectivity index (χ0) is 20.8. The van der Waals surface area contributed by atoms with E-state index in [4.69, 9.17) is 9.84 Å². The van der Waals surface area contributed by atoms with E-state index in [2.05, 4.69) is 5.32 Å². The molecule has 2 amide bonds. The molecule has 0 radical (unpaired) electrons. The molecule has 0 aromatic heterocycles. The molecule has 0 bridgehead atoms. The molecule has 1 unspecified atom stereocenters. The van der Waals surface area contributed by atoms with Gasteiger partial charge in [0.05, 0.1) is 12.5 Å². The predicted molar refractivity (Wildman–Crippen MR) is 109 cm³/mol. The molecular formula is C22H24N2O5. The number of carbonyl (C=O) groups is 3. The monoisotopic (exact) mass is 396 g/mol. The molecular weight excluding hydrogens is 372 g/mol. The number of nitrogens with one attached hydrogen (secondary N) is 1. The predicted octanol–water partition coefficient (Wildman–Crippen LogP) is 3.23. The van der Waals surface area contributed by atoms with Gasteiger partial charge in [0.1, 0.15) is 5.75 Å². The molecule has 1 fully saturated rings. The van der Waals surface area contributed by atoms with Gasteiger partial charge in [-0.25, -0.2) is 0 Å². The van der Waals surface area contributed by atoms with Crippen LogP contribution in [0.5, 0.6) is 5.75 Å². The van der Waals surface area contributed by atoms with Crippen molar-refractivity contribution in [2.45, 2.75) is 26.2 Å². The summed E-state index contributed by atoms with van der Waals surface area (Å²) in [6.07, 6.45) is 0.680. The lowest BCUT2D eigenvalue weighted by Crippen LogP contribution is -2.28. The minimum atomic E-state index is -0.849. The van der Waals surface area contributed by atoms with Crippen LogP contribution in [0.4, 0.5) is 11.4 Å². The van der Waals surface area contributed by atoms with Crippen molar-refractivity contribution in [1.29, 1.82) is 0 Å². The van der Waals surface area contributed by atoms with Crippen LogP contribution in [0, 0.1) is 12.8 Å². The van der Waals surface area contributed by atoms with E-state index in [-0.39, 0.29) is 24.7 Å². The van der Waals surface area contributed by atoms with Crippen molar-refractivity contribution in [3.63, 3.8) is 0 Å². The summed E-state index contributed by atoms with van der Waals surface area (Å²) in [5.74, 6) is -0.897. The highest BCUT2D eigenvalue weighted by molar-refractivity contribution is 6.03. The van der Waals surface area contributed by atoms with E-state index >= 15 is 0 Å². The molecule has 1 aliphatic rings. The topological polar surface area (TPSA) is 95.9 Å². The van der Waals surface area contributed by atoms with E-state index < -0.39 is 11.9 Å². The molecule has 1 aliphatic heterocycles. The third-order valence-electron chi connectivity index (χ3n) is 4.77. The van der Waals surface area contributed by atoms with Crippen LogP contribution in [0.1, 0.15) is 24.8 Å². The van der Waals surface area contributed by atoms with Crippen LogP contribution < -0.4 is 15.0 Å².